The molecule has 2 unspecified atom stereocenters. The Labute approximate surface area is 103 Å². The van der Waals surface area contributed by atoms with Crippen LogP contribution in [0.4, 0.5) is 0 Å². The molecule has 1 rings (SSSR count). The maximum Gasteiger partial charge on any atom is 0.235 e. The zero-order chi connectivity index (χ0) is 11.5. The first kappa shape index (κ1) is 15.7. The topological polar surface area (TPSA) is 75.3 Å². The molecule has 1 fully saturated rings. The predicted molar refractivity (Wildman–Crippen MR) is 65.5 cm³/mol. The summed E-state index contributed by atoms with van der Waals surface area (Å²) in [5.41, 5.74) is 0. The number of sulfone groups is 1. The number of halogens is 1. The van der Waals surface area contributed by atoms with Crippen molar-refractivity contribution in [3.8, 4) is 0 Å². The second-order valence-corrected chi connectivity index (χ2v) is 6.35. The van der Waals surface area contributed by atoms with E-state index in [-0.39, 0.29) is 18.4 Å². The van der Waals surface area contributed by atoms with Gasteiger partial charge in [-0.2, -0.15) is 0 Å². The molecule has 0 radical (unpaired) electrons. The minimum Gasteiger partial charge on any atom is -0.351 e. The molecular formula is C9H19ClN2O3S. The maximum absolute atomic E-state index is 11.4. The van der Waals surface area contributed by atoms with Crippen LogP contribution in [0.1, 0.15) is 13.3 Å². The van der Waals surface area contributed by atoms with Crippen molar-refractivity contribution in [3.63, 3.8) is 0 Å². The molecular weight excluding hydrogens is 252 g/mol. The van der Waals surface area contributed by atoms with Crippen LogP contribution in [0.2, 0.25) is 0 Å². The van der Waals surface area contributed by atoms with Crippen LogP contribution in [0.25, 0.3) is 0 Å². The van der Waals surface area contributed by atoms with Crippen molar-refractivity contribution >= 4 is 28.2 Å². The van der Waals surface area contributed by atoms with E-state index in [2.05, 4.69) is 17.6 Å². The molecule has 1 aliphatic rings. The van der Waals surface area contributed by atoms with E-state index in [0.717, 1.165) is 25.8 Å². The van der Waals surface area contributed by atoms with Gasteiger partial charge >= 0.3 is 0 Å². The molecule has 5 nitrogen and oxygen atoms in total. The van der Waals surface area contributed by atoms with Crippen LogP contribution in [0, 0.1) is 5.92 Å². The van der Waals surface area contributed by atoms with Crippen LogP contribution < -0.4 is 10.6 Å². The molecule has 1 aliphatic heterocycles. The molecule has 1 heterocycles. The first-order valence-corrected chi connectivity index (χ1v) is 7.12. The zero-order valence-electron chi connectivity index (χ0n) is 9.52. The van der Waals surface area contributed by atoms with Gasteiger partial charge in [-0.3, -0.25) is 4.79 Å². The van der Waals surface area contributed by atoms with E-state index < -0.39 is 21.5 Å². The Hall–Kier alpha value is -0.330. The van der Waals surface area contributed by atoms with E-state index in [9.17, 15) is 13.2 Å². The van der Waals surface area contributed by atoms with E-state index in [1.54, 1.807) is 0 Å². The van der Waals surface area contributed by atoms with Gasteiger partial charge in [-0.1, -0.05) is 6.92 Å². The molecule has 0 aliphatic carbocycles. The van der Waals surface area contributed by atoms with Gasteiger partial charge < -0.3 is 10.6 Å². The Morgan fingerprint density at radius 2 is 2.12 bits per heavy atom. The number of carbonyl (C=O) groups excluding carboxylic acids is 1. The molecule has 7 heteroatoms. The van der Waals surface area contributed by atoms with Crippen LogP contribution in [0.3, 0.4) is 0 Å². The summed E-state index contributed by atoms with van der Waals surface area (Å²) in [6.07, 6.45) is 2.07. The van der Waals surface area contributed by atoms with Crippen molar-refractivity contribution in [2.24, 2.45) is 5.92 Å². The van der Waals surface area contributed by atoms with Crippen molar-refractivity contribution in [2.75, 3.05) is 25.1 Å². The summed E-state index contributed by atoms with van der Waals surface area (Å²) in [4.78, 5) is 11.4. The Bertz CT molecular complexity index is 332. The number of nitrogens with one attached hydrogen (secondary N) is 2. The predicted octanol–water partition coefficient (Wildman–Crippen LogP) is -0.433. The van der Waals surface area contributed by atoms with E-state index in [1.165, 1.54) is 0 Å². The van der Waals surface area contributed by atoms with Crippen LogP contribution in [-0.2, 0) is 14.6 Å². The summed E-state index contributed by atoms with van der Waals surface area (Å²) < 4.78 is 21.8. The monoisotopic (exact) mass is 270 g/mol. The van der Waals surface area contributed by atoms with Gasteiger partial charge in [-0.15, -0.1) is 12.4 Å². The summed E-state index contributed by atoms with van der Waals surface area (Å²) in [7, 11) is -3.22. The number of carbonyl (C=O) groups is 1. The molecule has 0 aromatic carbocycles. The molecule has 0 aromatic rings. The van der Waals surface area contributed by atoms with Gasteiger partial charge in [0, 0.05) is 18.8 Å². The number of amides is 1. The zero-order valence-corrected chi connectivity index (χ0v) is 11.2. The van der Waals surface area contributed by atoms with Crippen molar-refractivity contribution in [1.29, 1.82) is 0 Å². The highest BCUT2D eigenvalue weighted by atomic mass is 35.5. The van der Waals surface area contributed by atoms with Crippen LogP contribution >= 0.6 is 12.4 Å². The third-order valence-corrected chi connectivity index (χ3v) is 3.35. The third-order valence-electron chi connectivity index (χ3n) is 2.57. The molecule has 2 atom stereocenters. The van der Waals surface area contributed by atoms with Gasteiger partial charge in [0.15, 0.2) is 9.84 Å². The molecule has 2 N–H and O–H groups in total. The van der Waals surface area contributed by atoms with Crippen molar-refractivity contribution in [3.05, 3.63) is 0 Å². The quantitative estimate of drug-likeness (QED) is 0.730. The summed E-state index contributed by atoms with van der Waals surface area (Å²) in [6, 6.07) is 0.0491. The van der Waals surface area contributed by atoms with E-state index in [1.807, 2.05) is 0 Å². The average molecular weight is 271 g/mol. The second-order valence-electron chi connectivity index (χ2n) is 4.21. The fourth-order valence-corrected chi connectivity index (χ4v) is 2.23. The van der Waals surface area contributed by atoms with Crippen molar-refractivity contribution < 1.29 is 13.2 Å². The molecule has 0 spiro atoms. The lowest BCUT2D eigenvalue weighted by molar-refractivity contribution is -0.119. The fourth-order valence-electron chi connectivity index (χ4n) is 1.67. The largest absolute Gasteiger partial charge is 0.351 e. The Morgan fingerprint density at radius 1 is 1.50 bits per heavy atom. The van der Waals surface area contributed by atoms with Gasteiger partial charge in [0.2, 0.25) is 5.91 Å². The first-order chi connectivity index (χ1) is 6.88. The van der Waals surface area contributed by atoms with E-state index in [4.69, 9.17) is 0 Å². The van der Waals surface area contributed by atoms with Gasteiger partial charge in [-0.05, 0) is 18.9 Å². The molecule has 0 bridgehead atoms. The fraction of sp³-hybridized carbons (Fsp3) is 0.889. The van der Waals surface area contributed by atoms with Crippen molar-refractivity contribution in [1.82, 2.24) is 10.6 Å². The van der Waals surface area contributed by atoms with Gasteiger partial charge in [0.05, 0.1) is 0 Å². The molecule has 1 saturated heterocycles. The minimum atomic E-state index is -3.22. The average Bonchev–Trinajstić information content (AvgIpc) is 2.05. The summed E-state index contributed by atoms with van der Waals surface area (Å²) >= 11 is 0. The molecule has 0 saturated carbocycles. The summed E-state index contributed by atoms with van der Waals surface area (Å²) in [6.45, 7) is 3.74. The number of hydrogen-bond donors (Lipinski definition) is 2. The number of piperidine rings is 1. The van der Waals surface area contributed by atoms with Crippen LogP contribution in [0.15, 0.2) is 0 Å². The lowest BCUT2D eigenvalue weighted by atomic mass is 9.95. The lowest BCUT2D eigenvalue weighted by Gasteiger charge is -2.30. The molecule has 16 heavy (non-hydrogen) atoms. The Morgan fingerprint density at radius 3 is 2.62 bits per heavy atom. The Kier molecular flexibility index (Phi) is 6.28. The third kappa shape index (κ3) is 5.67. The highest BCUT2D eigenvalue weighted by Gasteiger charge is 2.23. The standard InChI is InChI=1S/C9H18N2O3S.ClH/c1-7-3-4-10-5-8(7)11-9(12)6-15(2,13)14;/h7-8,10H,3-6H2,1-2H3,(H,11,12);1H. The second kappa shape index (κ2) is 6.42. The van der Waals surface area contributed by atoms with E-state index >= 15 is 0 Å². The van der Waals surface area contributed by atoms with Crippen molar-refractivity contribution in [2.45, 2.75) is 19.4 Å². The normalized spacial score (nSPS) is 25.6. The van der Waals surface area contributed by atoms with Crippen LogP contribution in [0.5, 0.6) is 0 Å². The van der Waals surface area contributed by atoms with Gasteiger partial charge in [-0.25, -0.2) is 8.42 Å². The maximum atomic E-state index is 11.4. The Balaban J connectivity index is 0.00000225. The summed E-state index contributed by atoms with van der Waals surface area (Å²) in [5.74, 6) is -0.427. The number of hydrogen-bond acceptors (Lipinski definition) is 4. The highest BCUT2D eigenvalue weighted by Crippen LogP contribution is 2.10. The summed E-state index contributed by atoms with van der Waals surface area (Å²) in [5, 5.41) is 5.91. The molecule has 0 aromatic heterocycles. The lowest BCUT2D eigenvalue weighted by Crippen LogP contribution is -2.51. The van der Waals surface area contributed by atoms with Gasteiger partial charge in [0.1, 0.15) is 5.75 Å². The molecule has 1 amide bonds. The SMILES string of the molecule is CC1CCNCC1NC(=O)CS(C)(=O)=O.Cl. The van der Waals surface area contributed by atoms with Gasteiger partial charge in [0.25, 0.3) is 0 Å². The highest BCUT2D eigenvalue weighted by molar-refractivity contribution is 7.91. The molecule has 96 valence electrons. The first-order valence-electron chi connectivity index (χ1n) is 5.06. The van der Waals surface area contributed by atoms with E-state index in [0.29, 0.717) is 5.92 Å². The smallest absolute Gasteiger partial charge is 0.235 e. The number of rotatable bonds is 3. The minimum absolute atomic E-state index is 0. The van der Waals surface area contributed by atoms with Crippen LogP contribution in [-0.4, -0.2) is 45.5 Å².